The first-order valence-electron chi connectivity index (χ1n) is 10.1. The van der Waals surface area contributed by atoms with Gasteiger partial charge in [0.25, 0.3) is 0 Å². The highest BCUT2D eigenvalue weighted by Crippen LogP contribution is 2.29. The molecule has 2 N–H and O–H groups in total. The van der Waals surface area contributed by atoms with Crippen molar-refractivity contribution in [3.05, 3.63) is 53.6 Å². The highest BCUT2D eigenvalue weighted by molar-refractivity contribution is 7.89. The van der Waals surface area contributed by atoms with Crippen LogP contribution in [0.4, 0.5) is 11.4 Å². The van der Waals surface area contributed by atoms with Crippen LogP contribution in [0.15, 0.2) is 47.4 Å². The van der Waals surface area contributed by atoms with Crippen LogP contribution < -0.4 is 10.6 Å². The van der Waals surface area contributed by atoms with Gasteiger partial charge < -0.3 is 10.6 Å². The van der Waals surface area contributed by atoms with Gasteiger partial charge in [-0.25, -0.2) is 8.42 Å². The first-order chi connectivity index (χ1) is 14.3. The van der Waals surface area contributed by atoms with Crippen LogP contribution in [0.3, 0.4) is 0 Å². The van der Waals surface area contributed by atoms with Crippen LogP contribution >= 0.6 is 0 Å². The standard InChI is InChI=1S/C22H25N3O4S/c1-15-3-2-4-18(13-15)23-22(27)16-9-11-25(12-10-16)30(28,29)19-6-7-20-17(14-19)5-8-21(26)24-20/h2-4,6-7,13-14,16H,5,8-12H2,1H3,(H,23,27)(H,24,26). The van der Waals surface area contributed by atoms with E-state index in [4.69, 9.17) is 0 Å². The van der Waals surface area contributed by atoms with Crippen molar-refractivity contribution in [1.82, 2.24) is 4.31 Å². The molecule has 0 aliphatic carbocycles. The van der Waals surface area contributed by atoms with Crippen LogP contribution in [0, 0.1) is 12.8 Å². The Bertz CT molecular complexity index is 1090. The number of nitrogens with one attached hydrogen (secondary N) is 2. The normalized spacial score (nSPS) is 17.8. The minimum atomic E-state index is -3.63. The number of sulfonamides is 1. The van der Waals surface area contributed by atoms with Crippen LogP contribution in [0.25, 0.3) is 0 Å². The van der Waals surface area contributed by atoms with E-state index in [1.54, 1.807) is 12.1 Å². The molecule has 2 aromatic rings. The second-order valence-corrected chi connectivity index (χ2v) is 9.84. The number of aryl methyl sites for hydroxylation is 2. The third-order valence-electron chi connectivity index (χ3n) is 5.72. The first kappa shape index (κ1) is 20.6. The van der Waals surface area contributed by atoms with Crippen LogP contribution in [0.5, 0.6) is 0 Å². The van der Waals surface area contributed by atoms with E-state index in [1.165, 1.54) is 10.4 Å². The average Bonchev–Trinajstić information content (AvgIpc) is 2.73. The summed E-state index contributed by atoms with van der Waals surface area (Å²) in [7, 11) is -3.63. The second kappa shape index (κ2) is 8.20. The number of carbonyl (C=O) groups is 2. The van der Waals surface area contributed by atoms with Crippen LogP contribution in [0.2, 0.25) is 0 Å². The van der Waals surface area contributed by atoms with E-state index >= 15 is 0 Å². The number of carbonyl (C=O) groups excluding carboxylic acids is 2. The Hall–Kier alpha value is -2.71. The molecule has 0 spiro atoms. The van der Waals surface area contributed by atoms with Gasteiger partial charge in [-0.15, -0.1) is 0 Å². The van der Waals surface area contributed by atoms with Gasteiger partial charge in [-0.1, -0.05) is 12.1 Å². The molecule has 7 nitrogen and oxygen atoms in total. The zero-order valence-corrected chi connectivity index (χ0v) is 17.7. The number of nitrogens with zero attached hydrogens (tertiary/aromatic N) is 1. The zero-order valence-electron chi connectivity index (χ0n) is 16.8. The summed E-state index contributed by atoms with van der Waals surface area (Å²) in [6.07, 6.45) is 1.86. The van der Waals surface area contributed by atoms with Crippen molar-refractivity contribution in [3.63, 3.8) is 0 Å². The van der Waals surface area contributed by atoms with E-state index < -0.39 is 10.0 Å². The molecule has 0 aromatic heterocycles. The Kier molecular flexibility index (Phi) is 5.62. The van der Waals surface area contributed by atoms with Crippen molar-refractivity contribution in [2.75, 3.05) is 23.7 Å². The number of fused-ring (bicyclic) bond motifs is 1. The molecule has 8 heteroatoms. The number of piperidine rings is 1. The molecule has 0 bridgehead atoms. The van der Waals surface area contributed by atoms with Gasteiger partial charge in [-0.3, -0.25) is 9.59 Å². The van der Waals surface area contributed by atoms with E-state index in [1.807, 2.05) is 31.2 Å². The minimum absolute atomic E-state index is 0.0517. The van der Waals surface area contributed by atoms with Crippen molar-refractivity contribution in [2.24, 2.45) is 5.92 Å². The van der Waals surface area contributed by atoms with E-state index in [9.17, 15) is 18.0 Å². The summed E-state index contributed by atoms with van der Waals surface area (Å²) in [6.45, 7) is 2.58. The fraction of sp³-hybridized carbons (Fsp3) is 0.364. The predicted octanol–water partition coefficient (Wildman–Crippen LogP) is 2.92. The van der Waals surface area contributed by atoms with Crippen molar-refractivity contribution < 1.29 is 18.0 Å². The SMILES string of the molecule is Cc1cccc(NC(=O)C2CCN(S(=O)(=O)c3ccc4c(c3)CCC(=O)N4)CC2)c1. The van der Waals surface area contributed by atoms with Gasteiger partial charge in [0, 0.05) is 36.8 Å². The summed E-state index contributed by atoms with van der Waals surface area (Å²) in [5, 5.41) is 5.70. The lowest BCUT2D eigenvalue weighted by atomic mass is 9.97. The lowest BCUT2D eigenvalue weighted by Gasteiger charge is -2.31. The lowest BCUT2D eigenvalue weighted by molar-refractivity contribution is -0.121. The maximum atomic E-state index is 13.1. The van der Waals surface area contributed by atoms with Gasteiger partial charge in [0.15, 0.2) is 0 Å². The van der Waals surface area contributed by atoms with Crippen molar-refractivity contribution in [1.29, 1.82) is 0 Å². The third kappa shape index (κ3) is 4.24. The molecule has 2 heterocycles. The molecular weight excluding hydrogens is 402 g/mol. The molecular formula is C22H25N3O4S. The fourth-order valence-electron chi connectivity index (χ4n) is 3.99. The maximum Gasteiger partial charge on any atom is 0.243 e. The quantitative estimate of drug-likeness (QED) is 0.784. The van der Waals surface area contributed by atoms with Crippen molar-refractivity contribution in [2.45, 2.75) is 37.5 Å². The summed E-state index contributed by atoms with van der Waals surface area (Å²) in [5.41, 5.74) is 3.34. The molecule has 0 atom stereocenters. The summed E-state index contributed by atoms with van der Waals surface area (Å²) in [4.78, 5) is 24.3. The first-order valence-corrected chi connectivity index (χ1v) is 11.6. The summed E-state index contributed by atoms with van der Waals surface area (Å²) >= 11 is 0. The van der Waals surface area contributed by atoms with Gasteiger partial charge in [0.05, 0.1) is 4.90 Å². The maximum absolute atomic E-state index is 13.1. The van der Waals surface area contributed by atoms with Crippen LogP contribution in [-0.2, 0) is 26.0 Å². The molecule has 1 saturated heterocycles. The molecule has 2 aromatic carbocycles. The molecule has 2 aliphatic heterocycles. The minimum Gasteiger partial charge on any atom is -0.326 e. The van der Waals surface area contributed by atoms with E-state index in [2.05, 4.69) is 10.6 Å². The number of hydrogen-bond donors (Lipinski definition) is 2. The van der Waals surface area contributed by atoms with Crippen molar-refractivity contribution >= 4 is 33.2 Å². The highest BCUT2D eigenvalue weighted by Gasteiger charge is 2.32. The summed E-state index contributed by atoms with van der Waals surface area (Å²) in [6, 6.07) is 12.5. The van der Waals surface area contributed by atoms with Gasteiger partial charge in [-0.2, -0.15) is 4.31 Å². The number of benzene rings is 2. The number of hydrogen-bond acceptors (Lipinski definition) is 4. The molecule has 2 aliphatic rings. The van der Waals surface area contributed by atoms with Crippen molar-refractivity contribution in [3.8, 4) is 0 Å². The van der Waals surface area contributed by atoms with Gasteiger partial charge in [0.2, 0.25) is 21.8 Å². The largest absolute Gasteiger partial charge is 0.326 e. The molecule has 1 fully saturated rings. The Morgan fingerprint density at radius 2 is 1.87 bits per heavy atom. The Balaban J connectivity index is 1.41. The van der Waals surface area contributed by atoms with Crippen LogP contribution in [0.1, 0.15) is 30.4 Å². The Morgan fingerprint density at radius 3 is 2.60 bits per heavy atom. The molecule has 4 rings (SSSR count). The van der Waals surface area contributed by atoms with E-state index in [0.717, 1.165) is 16.8 Å². The zero-order chi connectivity index (χ0) is 21.3. The van der Waals surface area contributed by atoms with Crippen LogP contribution in [-0.4, -0.2) is 37.6 Å². The average molecular weight is 428 g/mol. The molecule has 0 unspecified atom stereocenters. The van der Waals surface area contributed by atoms with E-state index in [-0.39, 0.29) is 22.6 Å². The van der Waals surface area contributed by atoms with Gasteiger partial charge in [0.1, 0.15) is 0 Å². The van der Waals surface area contributed by atoms with Gasteiger partial charge >= 0.3 is 0 Å². The molecule has 158 valence electrons. The topological polar surface area (TPSA) is 95.6 Å². The van der Waals surface area contributed by atoms with Gasteiger partial charge in [-0.05, 0) is 67.6 Å². The third-order valence-corrected chi connectivity index (χ3v) is 7.61. The molecule has 0 saturated carbocycles. The summed E-state index contributed by atoms with van der Waals surface area (Å²) < 4.78 is 27.6. The molecule has 30 heavy (non-hydrogen) atoms. The monoisotopic (exact) mass is 427 g/mol. The number of rotatable bonds is 4. The highest BCUT2D eigenvalue weighted by atomic mass is 32.2. The number of anilines is 2. The molecule has 2 amide bonds. The Morgan fingerprint density at radius 1 is 1.10 bits per heavy atom. The fourth-order valence-corrected chi connectivity index (χ4v) is 5.52. The predicted molar refractivity (Wildman–Crippen MR) is 115 cm³/mol. The Labute approximate surface area is 176 Å². The smallest absolute Gasteiger partial charge is 0.243 e. The second-order valence-electron chi connectivity index (χ2n) is 7.90. The molecule has 0 radical (unpaired) electrons. The summed E-state index contributed by atoms with van der Waals surface area (Å²) in [5.74, 6) is -0.331. The number of amides is 2. The lowest BCUT2D eigenvalue weighted by Crippen LogP contribution is -2.41. The van der Waals surface area contributed by atoms with E-state index in [0.29, 0.717) is 44.5 Å².